The van der Waals surface area contributed by atoms with Gasteiger partial charge in [0.05, 0.1) is 19.0 Å². The first-order valence-electron chi connectivity index (χ1n) is 5.75. The van der Waals surface area contributed by atoms with Gasteiger partial charge >= 0.3 is 5.97 Å². The number of carbonyl (C=O) groups is 1. The summed E-state index contributed by atoms with van der Waals surface area (Å²) in [5.41, 5.74) is 5.92. The van der Waals surface area contributed by atoms with Gasteiger partial charge in [-0.25, -0.2) is 9.07 Å². The van der Waals surface area contributed by atoms with E-state index in [1.165, 1.54) is 36.2 Å². The van der Waals surface area contributed by atoms with Crippen molar-refractivity contribution in [3.63, 3.8) is 0 Å². The highest BCUT2D eigenvalue weighted by atomic mass is 19.1. The Kier molecular flexibility index (Phi) is 3.94. The Bertz CT molecular complexity index is 629. The molecule has 1 heterocycles. The zero-order valence-electron chi connectivity index (χ0n) is 10.7. The maximum atomic E-state index is 13.7. The molecule has 0 aliphatic rings. The first-order valence-corrected chi connectivity index (χ1v) is 5.75. The second-order valence-electron chi connectivity index (χ2n) is 4.12. The number of methoxy groups -OCH3 is 1. The molecular weight excluding hydrogens is 267 g/mol. The van der Waals surface area contributed by atoms with E-state index in [0.717, 1.165) is 0 Å². The van der Waals surface area contributed by atoms with Gasteiger partial charge in [-0.15, -0.1) is 5.10 Å². The van der Waals surface area contributed by atoms with Gasteiger partial charge in [-0.3, -0.25) is 4.79 Å². The molecular formula is C12H13FN4O3. The van der Waals surface area contributed by atoms with Crippen molar-refractivity contribution in [3.05, 3.63) is 35.9 Å². The minimum Gasteiger partial charge on any atom is -0.497 e. The Balaban J connectivity index is 2.26. The number of carboxylic acids is 1. The molecule has 1 atom stereocenters. The van der Waals surface area contributed by atoms with E-state index in [2.05, 4.69) is 10.3 Å². The van der Waals surface area contributed by atoms with Crippen molar-refractivity contribution in [1.29, 1.82) is 0 Å². The summed E-state index contributed by atoms with van der Waals surface area (Å²) in [7, 11) is 1.47. The minimum absolute atomic E-state index is 0.0148. The molecule has 0 aliphatic heterocycles. The van der Waals surface area contributed by atoms with E-state index < -0.39 is 17.8 Å². The lowest BCUT2D eigenvalue weighted by atomic mass is 10.2. The van der Waals surface area contributed by atoms with Gasteiger partial charge in [-0.05, 0) is 12.1 Å². The molecule has 0 fully saturated rings. The third-order valence-corrected chi connectivity index (χ3v) is 2.69. The number of nitrogens with zero attached hydrogens (tertiary/aromatic N) is 3. The van der Waals surface area contributed by atoms with E-state index in [1.54, 1.807) is 0 Å². The number of halogens is 1. The zero-order chi connectivity index (χ0) is 14.7. The number of rotatable bonds is 5. The van der Waals surface area contributed by atoms with Crippen LogP contribution < -0.4 is 10.5 Å². The summed E-state index contributed by atoms with van der Waals surface area (Å²) in [5, 5.41) is 16.3. The highest BCUT2D eigenvalue weighted by Gasteiger charge is 2.15. The van der Waals surface area contributed by atoms with Crippen molar-refractivity contribution in [2.45, 2.75) is 12.5 Å². The highest BCUT2D eigenvalue weighted by molar-refractivity contribution is 5.73. The van der Waals surface area contributed by atoms with Gasteiger partial charge in [0.2, 0.25) is 0 Å². The average molecular weight is 280 g/mol. The Morgan fingerprint density at radius 2 is 2.35 bits per heavy atom. The molecule has 8 heteroatoms. The SMILES string of the molecule is COc1ccc(F)c(-n2cc(CC(N)C(=O)O)nn2)c1. The Morgan fingerprint density at radius 3 is 3.00 bits per heavy atom. The second-order valence-corrected chi connectivity index (χ2v) is 4.12. The van der Waals surface area contributed by atoms with Crippen LogP contribution in [0.2, 0.25) is 0 Å². The summed E-state index contributed by atoms with van der Waals surface area (Å²) in [5.74, 6) is -1.16. The lowest BCUT2D eigenvalue weighted by Crippen LogP contribution is -2.32. The summed E-state index contributed by atoms with van der Waals surface area (Å²) in [4.78, 5) is 10.7. The molecule has 1 aromatic carbocycles. The number of hydrogen-bond acceptors (Lipinski definition) is 5. The lowest BCUT2D eigenvalue weighted by Gasteiger charge is -2.05. The largest absolute Gasteiger partial charge is 0.497 e. The third-order valence-electron chi connectivity index (χ3n) is 2.69. The van der Waals surface area contributed by atoms with Gasteiger partial charge < -0.3 is 15.6 Å². The van der Waals surface area contributed by atoms with E-state index in [9.17, 15) is 9.18 Å². The fraction of sp³-hybridized carbons (Fsp3) is 0.250. The molecule has 0 spiro atoms. The summed E-state index contributed by atoms with van der Waals surface area (Å²) in [6.45, 7) is 0. The summed E-state index contributed by atoms with van der Waals surface area (Å²) in [6.07, 6.45) is 1.45. The van der Waals surface area contributed by atoms with Crippen LogP contribution in [-0.2, 0) is 11.2 Å². The lowest BCUT2D eigenvalue weighted by molar-refractivity contribution is -0.138. The Labute approximate surface area is 113 Å². The van der Waals surface area contributed by atoms with Crippen LogP contribution in [0.3, 0.4) is 0 Å². The third kappa shape index (κ3) is 2.91. The van der Waals surface area contributed by atoms with Crippen molar-refractivity contribution in [2.75, 3.05) is 7.11 Å². The average Bonchev–Trinajstić information content (AvgIpc) is 2.87. The summed E-state index contributed by atoms with van der Waals surface area (Å²) in [6, 6.07) is 3.12. The smallest absolute Gasteiger partial charge is 0.320 e. The van der Waals surface area contributed by atoms with E-state index in [0.29, 0.717) is 11.4 Å². The number of nitrogens with two attached hydrogens (primary N) is 1. The van der Waals surface area contributed by atoms with Gasteiger partial charge in [-0.2, -0.15) is 0 Å². The van der Waals surface area contributed by atoms with Crippen molar-refractivity contribution in [3.8, 4) is 11.4 Å². The monoisotopic (exact) mass is 280 g/mol. The van der Waals surface area contributed by atoms with Crippen LogP contribution in [0, 0.1) is 5.82 Å². The molecule has 0 amide bonds. The van der Waals surface area contributed by atoms with Crippen LogP contribution >= 0.6 is 0 Å². The maximum absolute atomic E-state index is 13.7. The van der Waals surface area contributed by atoms with Gasteiger partial charge in [0, 0.05) is 12.5 Å². The molecule has 0 saturated heterocycles. The van der Waals surface area contributed by atoms with Crippen LogP contribution in [-0.4, -0.2) is 39.2 Å². The van der Waals surface area contributed by atoms with E-state index in [-0.39, 0.29) is 12.1 Å². The van der Waals surface area contributed by atoms with Crippen LogP contribution in [0.25, 0.3) is 5.69 Å². The number of aromatic nitrogens is 3. The number of benzene rings is 1. The Hall–Kier alpha value is -2.48. The molecule has 0 radical (unpaired) electrons. The molecule has 2 rings (SSSR count). The summed E-state index contributed by atoms with van der Waals surface area (Å²) >= 11 is 0. The van der Waals surface area contributed by atoms with Crippen LogP contribution in [0.15, 0.2) is 24.4 Å². The topological polar surface area (TPSA) is 103 Å². The fourth-order valence-electron chi connectivity index (χ4n) is 1.62. The Morgan fingerprint density at radius 1 is 1.60 bits per heavy atom. The molecule has 2 aromatic rings. The van der Waals surface area contributed by atoms with Crippen molar-refractivity contribution in [2.24, 2.45) is 5.73 Å². The standard InChI is InChI=1S/C12H13FN4O3/c1-20-8-2-3-9(13)11(5-8)17-6-7(15-16-17)4-10(14)12(18)19/h2-3,5-6,10H,4,14H2,1H3,(H,18,19). The number of carboxylic acid groups (broad SMARTS) is 1. The second kappa shape index (κ2) is 5.66. The van der Waals surface area contributed by atoms with Crippen molar-refractivity contribution in [1.82, 2.24) is 15.0 Å². The summed E-state index contributed by atoms with van der Waals surface area (Å²) < 4.78 is 19.9. The van der Waals surface area contributed by atoms with E-state index in [1.807, 2.05) is 0 Å². The van der Waals surface area contributed by atoms with Gasteiger partial charge in [0.25, 0.3) is 0 Å². The minimum atomic E-state index is -1.13. The molecule has 0 bridgehead atoms. The normalized spacial score (nSPS) is 12.2. The quantitative estimate of drug-likeness (QED) is 0.820. The molecule has 0 saturated carbocycles. The molecule has 7 nitrogen and oxygen atoms in total. The van der Waals surface area contributed by atoms with Crippen molar-refractivity contribution < 1.29 is 19.0 Å². The zero-order valence-corrected chi connectivity index (χ0v) is 10.7. The molecule has 3 N–H and O–H groups in total. The number of hydrogen-bond donors (Lipinski definition) is 2. The van der Waals surface area contributed by atoms with Crippen molar-refractivity contribution >= 4 is 5.97 Å². The number of aliphatic carboxylic acids is 1. The van der Waals surface area contributed by atoms with Crippen LogP contribution in [0.1, 0.15) is 5.69 Å². The van der Waals surface area contributed by atoms with Crippen LogP contribution in [0.5, 0.6) is 5.75 Å². The highest BCUT2D eigenvalue weighted by Crippen LogP contribution is 2.19. The molecule has 1 unspecified atom stereocenters. The first-order chi connectivity index (χ1) is 9.51. The fourth-order valence-corrected chi connectivity index (χ4v) is 1.62. The molecule has 0 aliphatic carbocycles. The van der Waals surface area contributed by atoms with E-state index in [4.69, 9.17) is 15.6 Å². The molecule has 1 aromatic heterocycles. The maximum Gasteiger partial charge on any atom is 0.320 e. The van der Waals surface area contributed by atoms with Crippen LogP contribution in [0.4, 0.5) is 4.39 Å². The predicted octanol–water partition coefficient (Wildman–Crippen LogP) is 0.369. The molecule has 106 valence electrons. The van der Waals surface area contributed by atoms with Gasteiger partial charge in [-0.1, -0.05) is 5.21 Å². The van der Waals surface area contributed by atoms with Gasteiger partial charge in [0.15, 0.2) is 0 Å². The first kappa shape index (κ1) is 13.9. The van der Waals surface area contributed by atoms with E-state index >= 15 is 0 Å². The van der Waals surface area contributed by atoms with Gasteiger partial charge in [0.1, 0.15) is 23.3 Å². The predicted molar refractivity (Wildman–Crippen MR) is 67.2 cm³/mol. The molecule has 20 heavy (non-hydrogen) atoms. The number of ether oxygens (including phenoxy) is 1.